The summed E-state index contributed by atoms with van der Waals surface area (Å²) in [5, 5.41) is 0. The first-order chi connectivity index (χ1) is 11.5. The molecule has 0 aromatic heterocycles. The Labute approximate surface area is 142 Å². The molecule has 0 heterocycles. The highest BCUT2D eigenvalue weighted by Crippen LogP contribution is 2.25. The number of ether oxygens (including phenoxy) is 2. The van der Waals surface area contributed by atoms with Gasteiger partial charge in [0.2, 0.25) is 9.84 Å². The maximum Gasteiger partial charge on any atom is 0.206 e. The van der Waals surface area contributed by atoms with E-state index in [1.54, 1.807) is 42.5 Å². The molecule has 0 N–H and O–H groups in total. The molecular weight excluding hydrogens is 324 g/mol. The number of hydrogen-bond donors (Lipinski definition) is 0. The normalized spacial score (nSPS) is 11.6. The number of allylic oxidation sites excluding steroid dienone is 3. The highest BCUT2D eigenvalue weighted by molar-refractivity contribution is 7.91. The monoisotopic (exact) mass is 342 g/mol. The predicted octanol–water partition coefficient (Wildman–Crippen LogP) is 4.16. The smallest absolute Gasteiger partial charge is 0.206 e. The SMILES string of the molecule is C=C/C=C(\C=C)Oc1ccc(S(=O)(=O)c2ccc(OC)cc2)cc1. The van der Waals surface area contributed by atoms with E-state index in [2.05, 4.69) is 13.2 Å². The highest BCUT2D eigenvalue weighted by atomic mass is 32.2. The molecule has 24 heavy (non-hydrogen) atoms. The second-order valence-corrected chi connectivity index (χ2v) is 6.71. The van der Waals surface area contributed by atoms with Crippen molar-refractivity contribution in [3.8, 4) is 11.5 Å². The summed E-state index contributed by atoms with van der Waals surface area (Å²) < 4.78 is 35.8. The summed E-state index contributed by atoms with van der Waals surface area (Å²) in [6, 6.07) is 12.4. The van der Waals surface area contributed by atoms with Crippen LogP contribution in [-0.4, -0.2) is 15.5 Å². The molecule has 0 fully saturated rings. The summed E-state index contributed by atoms with van der Waals surface area (Å²) in [4.78, 5) is 0.392. The van der Waals surface area contributed by atoms with Crippen molar-refractivity contribution >= 4 is 9.84 Å². The maximum atomic E-state index is 12.6. The lowest BCUT2D eigenvalue weighted by molar-refractivity contribution is 0.414. The van der Waals surface area contributed by atoms with Crippen LogP contribution in [0.2, 0.25) is 0 Å². The fraction of sp³-hybridized carbons (Fsp3) is 0.0526. The van der Waals surface area contributed by atoms with E-state index in [0.717, 1.165) is 0 Å². The first-order valence-electron chi connectivity index (χ1n) is 7.13. The lowest BCUT2D eigenvalue weighted by Crippen LogP contribution is -2.02. The molecule has 0 aliphatic carbocycles. The van der Waals surface area contributed by atoms with Crippen molar-refractivity contribution in [3.05, 3.63) is 85.7 Å². The fourth-order valence-corrected chi connectivity index (χ4v) is 3.23. The van der Waals surface area contributed by atoms with E-state index in [-0.39, 0.29) is 9.79 Å². The third-order valence-corrected chi connectivity index (χ3v) is 5.01. The van der Waals surface area contributed by atoms with Crippen LogP contribution < -0.4 is 9.47 Å². The lowest BCUT2D eigenvalue weighted by Gasteiger charge is -2.08. The van der Waals surface area contributed by atoms with Crippen molar-refractivity contribution in [2.45, 2.75) is 9.79 Å². The molecule has 0 saturated carbocycles. The Bertz CT molecular complexity index is 845. The van der Waals surface area contributed by atoms with Crippen LogP contribution in [-0.2, 0) is 9.84 Å². The molecule has 124 valence electrons. The number of sulfone groups is 1. The fourth-order valence-electron chi connectivity index (χ4n) is 1.97. The average molecular weight is 342 g/mol. The maximum absolute atomic E-state index is 12.6. The third-order valence-electron chi connectivity index (χ3n) is 3.22. The van der Waals surface area contributed by atoms with E-state index < -0.39 is 9.84 Å². The van der Waals surface area contributed by atoms with Gasteiger partial charge in [0.1, 0.15) is 17.3 Å². The van der Waals surface area contributed by atoms with E-state index in [1.165, 1.54) is 31.4 Å². The molecule has 0 amide bonds. The Hall–Kier alpha value is -2.79. The Morgan fingerprint density at radius 1 is 0.917 bits per heavy atom. The van der Waals surface area contributed by atoms with E-state index in [0.29, 0.717) is 17.3 Å². The summed E-state index contributed by atoms with van der Waals surface area (Å²) in [5.74, 6) is 1.64. The Kier molecular flexibility index (Phi) is 5.60. The molecule has 0 bridgehead atoms. The van der Waals surface area contributed by atoms with Crippen molar-refractivity contribution in [3.63, 3.8) is 0 Å². The van der Waals surface area contributed by atoms with Gasteiger partial charge in [-0.15, -0.1) is 0 Å². The molecule has 2 aromatic carbocycles. The standard InChI is InChI=1S/C19H18O4S/c1-4-6-15(5-2)23-17-9-13-19(14-10-17)24(20,21)18-11-7-16(22-3)8-12-18/h4-14H,1-2H2,3H3/b15-6+. The number of methoxy groups -OCH3 is 1. The first-order valence-corrected chi connectivity index (χ1v) is 8.62. The summed E-state index contributed by atoms with van der Waals surface area (Å²) in [6.45, 7) is 7.23. The van der Waals surface area contributed by atoms with Gasteiger partial charge in [0.15, 0.2) is 0 Å². The molecule has 2 rings (SSSR count). The topological polar surface area (TPSA) is 52.6 Å². The van der Waals surface area contributed by atoms with Crippen molar-refractivity contribution in [1.82, 2.24) is 0 Å². The van der Waals surface area contributed by atoms with Crippen molar-refractivity contribution < 1.29 is 17.9 Å². The van der Waals surface area contributed by atoms with Crippen molar-refractivity contribution in [2.75, 3.05) is 7.11 Å². The van der Waals surface area contributed by atoms with Crippen LogP contribution in [0.25, 0.3) is 0 Å². The van der Waals surface area contributed by atoms with Gasteiger partial charge in [-0.1, -0.05) is 19.2 Å². The second-order valence-electron chi connectivity index (χ2n) is 4.76. The molecule has 0 aliphatic heterocycles. The zero-order chi connectivity index (χ0) is 17.6. The van der Waals surface area contributed by atoms with Crippen molar-refractivity contribution in [2.24, 2.45) is 0 Å². The Morgan fingerprint density at radius 2 is 1.42 bits per heavy atom. The molecule has 5 heteroatoms. The van der Waals surface area contributed by atoms with E-state index in [4.69, 9.17) is 9.47 Å². The Morgan fingerprint density at radius 3 is 1.83 bits per heavy atom. The van der Waals surface area contributed by atoms with Crippen LogP contribution in [0, 0.1) is 0 Å². The number of benzene rings is 2. The molecule has 0 radical (unpaired) electrons. The minimum atomic E-state index is -3.59. The van der Waals surface area contributed by atoms with Gasteiger partial charge in [-0.2, -0.15) is 0 Å². The van der Waals surface area contributed by atoms with Crippen LogP contribution in [0.5, 0.6) is 11.5 Å². The zero-order valence-corrected chi connectivity index (χ0v) is 14.1. The molecule has 0 unspecified atom stereocenters. The summed E-state index contributed by atoms with van der Waals surface area (Å²) >= 11 is 0. The summed E-state index contributed by atoms with van der Waals surface area (Å²) in [7, 11) is -2.06. The average Bonchev–Trinajstić information content (AvgIpc) is 2.61. The van der Waals surface area contributed by atoms with E-state index >= 15 is 0 Å². The van der Waals surface area contributed by atoms with Gasteiger partial charge in [-0.3, -0.25) is 0 Å². The molecule has 2 aromatic rings. The highest BCUT2D eigenvalue weighted by Gasteiger charge is 2.17. The van der Waals surface area contributed by atoms with Gasteiger partial charge in [-0.05, 0) is 60.7 Å². The van der Waals surface area contributed by atoms with Crippen LogP contribution in [0.1, 0.15) is 0 Å². The van der Waals surface area contributed by atoms with E-state index in [1.807, 2.05) is 0 Å². The van der Waals surface area contributed by atoms with Gasteiger partial charge in [-0.25, -0.2) is 8.42 Å². The summed E-state index contributed by atoms with van der Waals surface area (Å²) in [6.07, 6.45) is 4.79. The van der Waals surface area contributed by atoms with Gasteiger partial charge >= 0.3 is 0 Å². The molecular formula is C19H18O4S. The quantitative estimate of drug-likeness (QED) is 0.560. The van der Waals surface area contributed by atoms with Gasteiger partial charge < -0.3 is 9.47 Å². The molecule has 4 nitrogen and oxygen atoms in total. The second kappa shape index (κ2) is 7.66. The largest absolute Gasteiger partial charge is 0.497 e. The van der Waals surface area contributed by atoms with Crippen LogP contribution in [0.15, 0.2) is 95.5 Å². The minimum Gasteiger partial charge on any atom is -0.497 e. The van der Waals surface area contributed by atoms with Crippen LogP contribution in [0.4, 0.5) is 0 Å². The van der Waals surface area contributed by atoms with Crippen LogP contribution in [0.3, 0.4) is 0 Å². The van der Waals surface area contributed by atoms with E-state index in [9.17, 15) is 8.42 Å². The molecule has 0 saturated heterocycles. The predicted molar refractivity (Wildman–Crippen MR) is 94.0 cm³/mol. The third kappa shape index (κ3) is 3.94. The molecule has 0 aliphatic rings. The van der Waals surface area contributed by atoms with Gasteiger partial charge in [0, 0.05) is 0 Å². The van der Waals surface area contributed by atoms with Gasteiger partial charge in [0.25, 0.3) is 0 Å². The zero-order valence-electron chi connectivity index (χ0n) is 13.3. The number of rotatable bonds is 7. The van der Waals surface area contributed by atoms with Crippen LogP contribution >= 0.6 is 0 Å². The summed E-state index contributed by atoms with van der Waals surface area (Å²) in [5.41, 5.74) is 0. The molecule has 0 atom stereocenters. The Balaban J connectivity index is 2.26. The molecule has 0 spiro atoms. The lowest BCUT2D eigenvalue weighted by atomic mass is 10.3. The first kappa shape index (κ1) is 17.6. The van der Waals surface area contributed by atoms with Gasteiger partial charge in [0.05, 0.1) is 16.9 Å². The van der Waals surface area contributed by atoms with Crippen molar-refractivity contribution in [1.29, 1.82) is 0 Å². The minimum absolute atomic E-state index is 0.188. The number of hydrogen-bond acceptors (Lipinski definition) is 4.